The van der Waals surface area contributed by atoms with Crippen molar-refractivity contribution in [2.75, 3.05) is 27.2 Å². The number of hydrogen-bond acceptors (Lipinski definition) is 6. The van der Waals surface area contributed by atoms with Crippen molar-refractivity contribution in [3.05, 3.63) is 65.7 Å². The fraction of sp³-hybridized carbons (Fsp3) is 0.500. The minimum absolute atomic E-state index is 0.0183. The zero-order valence-electron chi connectivity index (χ0n) is 22.9. The molecule has 9 nitrogen and oxygen atoms in total. The summed E-state index contributed by atoms with van der Waals surface area (Å²) in [6, 6.07) is 15.7. The molecule has 2 aliphatic rings. The van der Waals surface area contributed by atoms with Crippen molar-refractivity contribution in [2.45, 2.75) is 62.7 Å². The Morgan fingerprint density at radius 3 is 2.41 bits per heavy atom. The first kappa shape index (κ1) is 28.6. The average molecular weight is 536 g/mol. The predicted molar refractivity (Wildman–Crippen MR) is 150 cm³/mol. The Bertz CT molecular complexity index is 1110. The van der Waals surface area contributed by atoms with Gasteiger partial charge in [-0.3, -0.25) is 14.4 Å². The molecule has 3 amide bonds. The second kappa shape index (κ2) is 13.6. The number of methoxy groups -OCH3 is 1. The molecular formula is C30H41N5O4. The molecule has 2 fully saturated rings. The van der Waals surface area contributed by atoms with Crippen LogP contribution in [0, 0.1) is 5.92 Å². The summed E-state index contributed by atoms with van der Waals surface area (Å²) in [4.78, 5) is 42.2. The van der Waals surface area contributed by atoms with Gasteiger partial charge in [-0.05, 0) is 75.4 Å². The first-order valence-electron chi connectivity index (χ1n) is 13.9. The number of benzene rings is 2. The van der Waals surface area contributed by atoms with Crippen LogP contribution >= 0.6 is 0 Å². The molecule has 2 heterocycles. The summed E-state index contributed by atoms with van der Waals surface area (Å²) < 4.78 is 5.20. The van der Waals surface area contributed by atoms with E-state index in [9.17, 15) is 14.4 Å². The third-order valence-electron chi connectivity index (χ3n) is 8.09. The van der Waals surface area contributed by atoms with E-state index in [1.807, 2.05) is 54.6 Å². The molecule has 0 spiro atoms. The molecule has 2 aliphatic heterocycles. The minimum Gasteiger partial charge on any atom is -0.497 e. The van der Waals surface area contributed by atoms with E-state index in [-0.39, 0.29) is 29.7 Å². The van der Waals surface area contributed by atoms with Crippen LogP contribution in [0.3, 0.4) is 0 Å². The highest BCUT2D eigenvalue weighted by atomic mass is 16.5. The van der Waals surface area contributed by atoms with Gasteiger partial charge in [0.25, 0.3) is 0 Å². The SMILES string of the molecule is CNC(Cc1ccccc1)C(=O)NC1C(=O)N2[C@@H](CC[C@@H]1CN)CC[C@H]2C(=O)NCCc1ccc(OC)cc1. The quantitative estimate of drug-likeness (QED) is 0.345. The lowest BCUT2D eigenvalue weighted by Gasteiger charge is -2.32. The molecule has 2 aromatic carbocycles. The van der Waals surface area contributed by atoms with Crippen LogP contribution in [0.2, 0.25) is 0 Å². The number of nitrogens with two attached hydrogens (primary N) is 1. The molecule has 5 atom stereocenters. The summed E-state index contributed by atoms with van der Waals surface area (Å²) in [5.74, 6) is 0.0193. The topological polar surface area (TPSA) is 126 Å². The Morgan fingerprint density at radius 1 is 1.03 bits per heavy atom. The van der Waals surface area contributed by atoms with Gasteiger partial charge in [-0.15, -0.1) is 0 Å². The monoisotopic (exact) mass is 535 g/mol. The molecule has 2 saturated heterocycles. The fourth-order valence-corrected chi connectivity index (χ4v) is 5.80. The summed E-state index contributed by atoms with van der Waals surface area (Å²) in [6.07, 6.45) is 4.07. The van der Waals surface area contributed by atoms with Gasteiger partial charge in [-0.2, -0.15) is 0 Å². The standard InChI is InChI=1S/C30H41N5O4/c1-32-25(18-21-6-4-3-5-7-21)28(36)34-27-22(19-31)10-11-23-12-15-26(35(23)30(27)38)29(37)33-17-16-20-8-13-24(39-2)14-9-20/h3-9,13-14,22-23,25-27,32H,10-12,15-19,31H2,1-2H3,(H,33,37)(H,34,36)/t22-,23+,25?,26+,27?/m1/s1. The van der Waals surface area contributed by atoms with Crippen molar-refractivity contribution >= 4 is 17.7 Å². The number of carbonyl (C=O) groups is 3. The number of rotatable bonds is 11. The van der Waals surface area contributed by atoms with Gasteiger partial charge in [-0.1, -0.05) is 42.5 Å². The molecule has 0 saturated carbocycles. The Hall–Kier alpha value is -3.43. The number of fused-ring (bicyclic) bond motifs is 1. The van der Waals surface area contributed by atoms with E-state index >= 15 is 0 Å². The van der Waals surface area contributed by atoms with E-state index in [0.29, 0.717) is 32.4 Å². The van der Waals surface area contributed by atoms with Crippen LogP contribution in [-0.2, 0) is 27.2 Å². The molecule has 2 unspecified atom stereocenters. The number of amides is 3. The lowest BCUT2D eigenvalue weighted by atomic mass is 9.93. The van der Waals surface area contributed by atoms with Gasteiger partial charge < -0.3 is 31.3 Å². The van der Waals surface area contributed by atoms with Crippen LogP contribution in [0.4, 0.5) is 0 Å². The Kier molecular flexibility index (Phi) is 9.95. The second-order valence-corrected chi connectivity index (χ2v) is 10.5. The lowest BCUT2D eigenvalue weighted by molar-refractivity contribution is -0.143. The minimum atomic E-state index is -0.758. The molecule has 5 N–H and O–H groups in total. The maximum Gasteiger partial charge on any atom is 0.246 e. The molecule has 4 rings (SSSR count). The number of ether oxygens (including phenoxy) is 1. The highest BCUT2D eigenvalue weighted by Crippen LogP contribution is 2.34. The highest BCUT2D eigenvalue weighted by Gasteiger charge is 2.47. The van der Waals surface area contributed by atoms with Crippen molar-refractivity contribution in [2.24, 2.45) is 11.7 Å². The van der Waals surface area contributed by atoms with Crippen LogP contribution in [0.5, 0.6) is 5.75 Å². The number of likely N-dealkylation sites (N-methyl/N-ethyl adjacent to an activating group) is 1. The molecule has 2 aromatic rings. The fourth-order valence-electron chi connectivity index (χ4n) is 5.80. The zero-order chi connectivity index (χ0) is 27.8. The molecular weight excluding hydrogens is 494 g/mol. The number of nitrogens with one attached hydrogen (secondary N) is 3. The molecule has 0 aliphatic carbocycles. The van der Waals surface area contributed by atoms with Gasteiger partial charge in [0.2, 0.25) is 17.7 Å². The number of carbonyl (C=O) groups excluding carboxylic acids is 3. The first-order chi connectivity index (χ1) is 18.9. The summed E-state index contributed by atoms with van der Waals surface area (Å²) in [5.41, 5.74) is 8.21. The van der Waals surface area contributed by atoms with Gasteiger partial charge in [0.05, 0.1) is 13.2 Å². The summed E-state index contributed by atoms with van der Waals surface area (Å²) in [6.45, 7) is 0.766. The maximum absolute atomic E-state index is 13.9. The second-order valence-electron chi connectivity index (χ2n) is 10.5. The smallest absolute Gasteiger partial charge is 0.246 e. The summed E-state index contributed by atoms with van der Waals surface area (Å²) in [7, 11) is 3.37. The van der Waals surface area contributed by atoms with Crippen molar-refractivity contribution in [1.29, 1.82) is 0 Å². The molecule has 0 bridgehead atoms. The Morgan fingerprint density at radius 2 is 1.74 bits per heavy atom. The molecule has 0 aromatic heterocycles. The van der Waals surface area contributed by atoms with Crippen molar-refractivity contribution in [3.63, 3.8) is 0 Å². The van der Waals surface area contributed by atoms with E-state index < -0.39 is 18.1 Å². The maximum atomic E-state index is 13.9. The van der Waals surface area contributed by atoms with Gasteiger partial charge in [0.15, 0.2) is 0 Å². The van der Waals surface area contributed by atoms with Crippen LogP contribution in [0.15, 0.2) is 54.6 Å². The average Bonchev–Trinajstić information content (AvgIpc) is 3.34. The lowest BCUT2D eigenvalue weighted by Crippen LogP contribution is -2.59. The van der Waals surface area contributed by atoms with Gasteiger partial charge >= 0.3 is 0 Å². The van der Waals surface area contributed by atoms with E-state index in [1.165, 1.54) is 0 Å². The third-order valence-corrected chi connectivity index (χ3v) is 8.09. The van der Waals surface area contributed by atoms with Crippen LogP contribution in [0.25, 0.3) is 0 Å². The summed E-state index contributed by atoms with van der Waals surface area (Å²) >= 11 is 0. The first-order valence-corrected chi connectivity index (χ1v) is 13.9. The summed E-state index contributed by atoms with van der Waals surface area (Å²) in [5, 5.41) is 9.12. The van der Waals surface area contributed by atoms with Gasteiger partial charge in [-0.25, -0.2) is 0 Å². The van der Waals surface area contributed by atoms with E-state index in [2.05, 4.69) is 16.0 Å². The van der Waals surface area contributed by atoms with E-state index in [4.69, 9.17) is 10.5 Å². The van der Waals surface area contributed by atoms with Crippen LogP contribution in [0.1, 0.15) is 36.8 Å². The number of nitrogens with zero attached hydrogens (tertiary/aromatic N) is 1. The molecule has 210 valence electrons. The van der Waals surface area contributed by atoms with E-state index in [0.717, 1.165) is 36.1 Å². The largest absolute Gasteiger partial charge is 0.497 e. The van der Waals surface area contributed by atoms with Crippen molar-refractivity contribution in [1.82, 2.24) is 20.9 Å². The van der Waals surface area contributed by atoms with Crippen LogP contribution in [-0.4, -0.2) is 74.0 Å². The molecule has 0 radical (unpaired) electrons. The highest BCUT2D eigenvalue weighted by molar-refractivity contribution is 5.94. The normalized spacial score (nSPS) is 23.5. The number of hydrogen-bond donors (Lipinski definition) is 4. The zero-order valence-corrected chi connectivity index (χ0v) is 22.9. The molecule has 9 heteroatoms. The van der Waals surface area contributed by atoms with Crippen LogP contribution < -0.4 is 26.4 Å². The van der Waals surface area contributed by atoms with Gasteiger partial charge in [0, 0.05) is 18.5 Å². The Balaban J connectivity index is 1.41. The predicted octanol–water partition coefficient (Wildman–Crippen LogP) is 1.40. The Labute approximate surface area is 230 Å². The third kappa shape index (κ3) is 6.96. The van der Waals surface area contributed by atoms with Crippen molar-refractivity contribution in [3.8, 4) is 5.75 Å². The van der Waals surface area contributed by atoms with Gasteiger partial charge in [0.1, 0.15) is 17.8 Å². The van der Waals surface area contributed by atoms with E-state index in [1.54, 1.807) is 19.1 Å². The van der Waals surface area contributed by atoms with Crippen molar-refractivity contribution < 1.29 is 19.1 Å². The molecule has 39 heavy (non-hydrogen) atoms.